The fourth-order valence-corrected chi connectivity index (χ4v) is 1.52. The predicted molar refractivity (Wildman–Crippen MR) is 57.2 cm³/mol. The number of phenols is 1. The molecular weight excluding hydrogens is 176 g/mol. The normalized spacial score (nSPS) is 14.6. The summed E-state index contributed by atoms with van der Waals surface area (Å²) >= 11 is 0. The van der Waals surface area contributed by atoms with Gasteiger partial charge >= 0.3 is 0 Å². The molecule has 0 fully saturated rings. The highest BCUT2D eigenvalue weighted by Crippen LogP contribution is 2.15. The summed E-state index contributed by atoms with van der Waals surface area (Å²) in [5.74, 6) is 0.179. The number of nitrogens with two attached hydrogens (primary N) is 1. The van der Waals surface area contributed by atoms with Gasteiger partial charge in [-0.25, -0.2) is 0 Å². The Balaban J connectivity index is 2.78. The third kappa shape index (κ3) is 1.10. The first kappa shape index (κ1) is 8.56. The Morgan fingerprint density at radius 1 is 1.29 bits per heavy atom. The van der Waals surface area contributed by atoms with Gasteiger partial charge in [0.25, 0.3) is 0 Å². The average Bonchev–Trinajstić information content (AvgIpc) is 2.62. The maximum absolute atomic E-state index is 9.77. The fourth-order valence-electron chi connectivity index (χ4n) is 1.52. The molecule has 4 N–H and O–H groups in total. The molecule has 0 aromatic heterocycles. The second kappa shape index (κ2) is 3.03. The molecule has 0 spiro atoms. The molecule has 1 aromatic rings. The number of aromatic hydroxyl groups is 1. The van der Waals surface area contributed by atoms with E-state index in [9.17, 15) is 5.11 Å². The molecule has 1 aliphatic rings. The molecule has 14 heavy (non-hydrogen) atoms. The van der Waals surface area contributed by atoms with Gasteiger partial charge in [0, 0.05) is 23.2 Å². The maximum atomic E-state index is 9.77. The molecule has 0 saturated carbocycles. The molecular formula is C11H10N2O. The molecule has 0 amide bonds. The summed E-state index contributed by atoms with van der Waals surface area (Å²) in [5, 5.41) is 18.4. The predicted octanol–water partition coefficient (Wildman–Crippen LogP) is -0.0840. The van der Waals surface area contributed by atoms with Crippen LogP contribution in [0.5, 0.6) is 5.75 Å². The number of nitrogens with one attached hydrogen (secondary N) is 1. The van der Waals surface area contributed by atoms with Crippen molar-refractivity contribution in [3.05, 3.63) is 33.7 Å². The summed E-state index contributed by atoms with van der Waals surface area (Å²) in [6, 6.07) is 3.63. The Morgan fingerprint density at radius 3 is 2.71 bits per heavy atom. The molecule has 0 aliphatic heterocycles. The quantitative estimate of drug-likeness (QED) is 0.537. The number of fused-ring (bicyclic) bond motifs is 1. The smallest absolute Gasteiger partial charge is 0.132 e. The van der Waals surface area contributed by atoms with Crippen molar-refractivity contribution in [1.29, 1.82) is 5.41 Å². The zero-order valence-corrected chi connectivity index (χ0v) is 7.49. The second-order valence-electron chi connectivity index (χ2n) is 3.11. The molecule has 0 unspecified atom stereocenters. The highest BCUT2D eigenvalue weighted by molar-refractivity contribution is 5.98. The van der Waals surface area contributed by atoms with E-state index in [1.54, 1.807) is 12.1 Å². The van der Waals surface area contributed by atoms with Gasteiger partial charge in [0.05, 0.1) is 0 Å². The topological polar surface area (TPSA) is 70.1 Å². The minimum atomic E-state index is 0.179. The zero-order valence-electron chi connectivity index (χ0n) is 7.49. The van der Waals surface area contributed by atoms with Crippen LogP contribution < -0.4 is 16.2 Å². The van der Waals surface area contributed by atoms with Gasteiger partial charge in [0.15, 0.2) is 0 Å². The van der Waals surface area contributed by atoms with Gasteiger partial charge in [0.2, 0.25) is 0 Å². The number of hydrogen-bond acceptors (Lipinski definition) is 3. The number of hydrogen-bond donors (Lipinski definition) is 3. The minimum Gasteiger partial charge on any atom is -0.507 e. The summed E-state index contributed by atoms with van der Waals surface area (Å²) in [6.45, 7) is 0. The van der Waals surface area contributed by atoms with Gasteiger partial charge in [-0.15, -0.1) is 0 Å². The van der Waals surface area contributed by atoms with E-state index in [-0.39, 0.29) is 5.75 Å². The van der Waals surface area contributed by atoms with E-state index in [0.717, 1.165) is 16.4 Å². The Hall–Kier alpha value is -2.03. The largest absolute Gasteiger partial charge is 0.507 e. The molecule has 0 heterocycles. The van der Waals surface area contributed by atoms with E-state index in [1.807, 2.05) is 12.1 Å². The van der Waals surface area contributed by atoms with Crippen molar-refractivity contribution >= 4 is 24.6 Å². The van der Waals surface area contributed by atoms with Crippen LogP contribution in [-0.4, -0.2) is 11.3 Å². The highest BCUT2D eigenvalue weighted by Gasteiger charge is 2.07. The first-order chi connectivity index (χ1) is 6.76. The lowest BCUT2D eigenvalue weighted by Gasteiger charge is -1.97. The molecule has 0 atom stereocenters. The van der Waals surface area contributed by atoms with Crippen LogP contribution in [0, 0.1) is 5.41 Å². The molecule has 2 rings (SSSR count). The van der Waals surface area contributed by atoms with E-state index in [4.69, 9.17) is 11.1 Å². The molecule has 0 radical (unpaired) electrons. The first-order valence-corrected chi connectivity index (χ1v) is 4.24. The fraction of sp³-hybridized carbons (Fsp3) is 0. The van der Waals surface area contributed by atoms with E-state index >= 15 is 0 Å². The van der Waals surface area contributed by atoms with Crippen molar-refractivity contribution in [3.8, 4) is 5.75 Å². The lowest BCUT2D eigenvalue weighted by Crippen LogP contribution is -2.12. The van der Waals surface area contributed by atoms with Gasteiger partial charge in [0.1, 0.15) is 5.75 Å². The summed E-state index contributed by atoms with van der Waals surface area (Å²) in [5.41, 5.74) is 6.87. The number of benzene rings is 1. The van der Waals surface area contributed by atoms with Crippen molar-refractivity contribution in [2.75, 3.05) is 0 Å². The minimum absolute atomic E-state index is 0.179. The highest BCUT2D eigenvalue weighted by atomic mass is 16.3. The van der Waals surface area contributed by atoms with Crippen molar-refractivity contribution in [2.45, 2.75) is 0 Å². The summed E-state index contributed by atoms with van der Waals surface area (Å²) in [4.78, 5) is 0. The Labute approximate surface area is 81.0 Å². The summed E-state index contributed by atoms with van der Waals surface area (Å²) < 4.78 is 0. The van der Waals surface area contributed by atoms with Crippen LogP contribution in [0.2, 0.25) is 0 Å². The number of phenolic OH excluding ortho intramolecular Hbond substituents is 1. The SMILES string of the molecule is N=CC1=Cc2c(O)/c(=C/N)ccc2=C1. The third-order valence-corrected chi connectivity index (χ3v) is 2.26. The summed E-state index contributed by atoms with van der Waals surface area (Å²) in [7, 11) is 0. The van der Waals surface area contributed by atoms with Crippen molar-refractivity contribution < 1.29 is 5.11 Å². The van der Waals surface area contributed by atoms with Crippen LogP contribution in [0.4, 0.5) is 0 Å². The average molecular weight is 186 g/mol. The standard InChI is InChI=1S/C11H10N2O/c12-5-7-3-8-1-2-9(6-13)11(14)10(8)4-7/h1-6,12,14H,13H2/b9-6+,12-5?. The van der Waals surface area contributed by atoms with Crippen molar-refractivity contribution in [3.63, 3.8) is 0 Å². The van der Waals surface area contributed by atoms with Gasteiger partial charge in [-0.3, -0.25) is 0 Å². The van der Waals surface area contributed by atoms with E-state index in [2.05, 4.69) is 0 Å². The molecule has 0 saturated heterocycles. The van der Waals surface area contributed by atoms with Gasteiger partial charge in [-0.1, -0.05) is 6.07 Å². The first-order valence-electron chi connectivity index (χ1n) is 4.24. The van der Waals surface area contributed by atoms with Gasteiger partial charge in [-0.05, 0) is 29.0 Å². The van der Waals surface area contributed by atoms with Crippen LogP contribution in [0.25, 0.3) is 18.4 Å². The van der Waals surface area contributed by atoms with E-state index in [1.165, 1.54) is 12.4 Å². The van der Waals surface area contributed by atoms with Crippen LogP contribution in [0.15, 0.2) is 17.7 Å². The molecule has 1 aliphatic carbocycles. The van der Waals surface area contributed by atoms with Crippen molar-refractivity contribution in [2.24, 2.45) is 5.73 Å². The van der Waals surface area contributed by atoms with Crippen LogP contribution in [0.1, 0.15) is 5.56 Å². The van der Waals surface area contributed by atoms with Gasteiger partial charge in [-0.2, -0.15) is 0 Å². The maximum Gasteiger partial charge on any atom is 0.132 e. The monoisotopic (exact) mass is 186 g/mol. The molecule has 0 bridgehead atoms. The lowest BCUT2D eigenvalue weighted by atomic mass is 10.1. The van der Waals surface area contributed by atoms with E-state index in [0.29, 0.717) is 5.22 Å². The zero-order chi connectivity index (χ0) is 10.1. The van der Waals surface area contributed by atoms with Crippen molar-refractivity contribution in [1.82, 2.24) is 0 Å². The number of rotatable bonds is 1. The molecule has 1 aromatic carbocycles. The Bertz CT molecular complexity index is 541. The van der Waals surface area contributed by atoms with Crippen LogP contribution in [-0.2, 0) is 0 Å². The molecule has 70 valence electrons. The van der Waals surface area contributed by atoms with Gasteiger partial charge < -0.3 is 16.2 Å². The number of allylic oxidation sites excluding steroid dienone is 1. The Kier molecular flexibility index (Phi) is 1.85. The summed E-state index contributed by atoms with van der Waals surface area (Å²) in [6.07, 6.45) is 6.24. The lowest BCUT2D eigenvalue weighted by molar-refractivity contribution is 0.469. The van der Waals surface area contributed by atoms with Crippen LogP contribution in [0.3, 0.4) is 0 Å². The Morgan fingerprint density at radius 2 is 2.07 bits per heavy atom. The second-order valence-corrected chi connectivity index (χ2v) is 3.11. The molecule has 3 heteroatoms. The van der Waals surface area contributed by atoms with E-state index < -0.39 is 0 Å². The van der Waals surface area contributed by atoms with Crippen LogP contribution >= 0.6 is 0 Å². The molecule has 3 nitrogen and oxygen atoms in total. The third-order valence-electron chi connectivity index (χ3n) is 2.26.